The minimum Gasteiger partial charge on any atom is -0.278 e. The second-order valence-electron chi connectivity index (χ2n) is 4.83. The molecule has 0 aromatic heterocycles. The van der Waals surface area contributed by atoms with Crippen LogP contribution in [0.25, 0.3) is 0 Å². The molecule has 0 bridgehead atoms. The highest BCUT2D eigenvalue weighted by Gasteiger charge is 2.17. The van der Waals surface area contributed by atoms with Crippen molar-refractivity contribution in [3.8, 4) is 0 Å². The van der Waals surface area contributed by atoms with Crippen LogP contribution < -0.4 is 4.72 Å². The lowest BCUT2D eigenvalue weighted by molar-refractivity contribution is 0.600. The van der Waals surface area contributed by atoms with Gasteiger partial charge in [0.25, 0.3) is 10.0 Å². The van der Waals surface area contributed by atoms with Crippen LogP contribution in [0.3, 0.4) is 0 Å². The number of hydrogen-bond acceptors (Lipinski definition) is 4. The zero-order valence-electron chi connectivity index (χ0n) is 11.9. The Kier molecular flexibility index (Phi) is 4.51. The van der Waals surface area contributed by atoms with Gasteiger partial charge in [0.05, 0.1) is 20.5 Å². The van der Waals surface area contributed by atoms with Crippen molar-refractivity contribution in [2.75, 3.05) is 11.0 Å². The highest BCUT2D eigenvalue weighted by Crippen LogP contribution is 2.27. The topological polar surface area (TPSA) is 80.3 Å². The van der Waals surface area contributed by atoms with E-state index >= 15 is 0 Å². The summed E-state index contributed by atoms with van der Waals surface area (Å²) >= 11 is 5.96. The number of rotatable bonds is 4. The van der Waals surface area contributed by atoms with E-state index < -0.39 is 19.9 Å². The minimum atomic E-state index is -3.78. The average Bonchev–Trinajstić information content (AvgIpc) is 2.40. The summed E-state index contributed by atoms with van der Waals surface area (Å²) in [6.07, 6.45) is 1.05. The van der Waals surface area contributed by atoms with Gasteiger partial charge in [0.2, 0.25) is 0 Å². The molecule has 8 heteroatoms. The number of benzene rings is 2. The van der Waals surface area contributed by atoms with Gasteiger partial charge in [-0.1, -0.05) is 29.3 Å². The lowest BCUT2D eigenvalue weighted by Crippen LogP contribution is -2.13. The molecule has 0 unspecified atom stereocenters. The predicted octanol–water partition coefficient (Wildman–Crippen LogP) is 2.85. The molecule has 0 saturated heterocycles. The quantitative estimate of drug-likeness (QED) is 0.910. The van der Waals surface area contributed by atoms with Crippen molar-refractivity contribution in [2.45, 2.75) is 16.7 Å². The summed E-state index contributed by atoms with van der Waals surface area (Å²) < 4.78 is 49.7. The molecule has 0 aliphatic rings. The molecule has 0 atom stereocenters. The van der Waals surface area contributed by atoms with Crippen LogP contribution in [-0.4, -0.2) is 23.1 Å². The zero-order valence-corrected chi connectivity index (χ0v) is 14.3. The minimum absolute atomic E-state index is 0.0126. The van der Waals surface area contributed by atoms with Gasteiger partial charge in [-0.05, 0) is 37.3 Å². The van der Waals surface area contributed by atoms with E-state index in [1.54, 1.807) is 12.1 Å². The fourth-order valence-corrected chi connectivity index (χ4v) is 3.81. The molecule has 0 aliphatic heterocycles. The highest BCUT2D eigenvalue weighted by atomic mass is 35.5. The number of nitrogens with one attached hydrogen (secondary N) is 1. The van der Waals surface area contributed by atoms with Gasteiger partial charge in [-0.25, -0.2) is 16.8 Å². The molecule has 22 heavy (non-hydrogen) atoms. The summed E-state index contributed by atoms with van der Waals surface area (Å²) in [4.78, 5) is 0.122. The van der Waals surface area contributed by atoms with Crippen LogP contribution in [0.4, 0.5) is 5.69 Å². The Balaban J connectivity index is 2.36. The fourth-order valence-electron chi connectivity index (χ4n) is 1.73. The van der Waals surface area contributed by atoms with E-state index in [4.69, 9.17) is 11.6 Å². The van der Waals surface area contributed by atoms with Crippen LogP contribution in [0, 0.1) is 6.92 Å². The monoisotopic (exact) mass is 359 g/mol. The second-order valence-corrected chi connectivity index (χ2v) is 8.94. The van der Waals surface area contributed by atoms with Crippen molar-refractivity contribution in [1.29, 1.82) is 0 Å². The van der Waals surface area contributed by atoms with Crippen LogP contribution in [0.1, 0.15) is 5.56 Å². The zero-order chi connectivity index (χ0) is 16.5. The lowest BCUT2D eigenvalue weighted by atomic mass is 10.2. The summed E-state index contributed by atoms with van der Waals surface area (Å²) in [5.74, 6) is 0. The predicted molar refractivity (Wildman–Crippen MR) is 86.5 cm³/mol. The van der Waals surface area contributed by atoms with Crippen molar-refractivity contribution in [3.05, 3.63) is 53.1 Å². The summed E-state index contributed by atoms with van der Waals surface area (Å²) in [7, 11) is -7.19. The molecule has 118 valence electrons. The lowest BCUT2D eigenvalue weighted by Gasteiger charge is -2.10. The smallest absolute Gasteiger partial charge is 0.261 e. The van der Waals surface area contributed by atoms with Crippen molar-refractivity contribution < 1.29 is 16.8 Å². The van der Waals surface area contributed by atoms with Gasteiger partial charge in [0.15, 0.2) is 9.84 Å². The Hall–Kier alpha value is -1.57. The van der Waals surface area contributed by atoms with E-state index in [2.05, 4.69) is 4.72 Å². The maximum atomic E-state index is 12.3. The molecular weight excluding hydrogens is 346 g/mol. The van der Waals surface area contributed by atoms with E-state index in [9.17, 15) is 16.8 Å². The molecule has 0 heterocycles. The van der Waals surface area contributed by atoms with E-state index in [0.29, 0.717) is 0 Å². The largest absolute Gasteiger partial charge is 0.278 e. The first kappa shape index (κ1) is 16.8. The van der Waals surface area contributed by atoms with E-state index in [1.165, 1.54) is 30.3 Å². The maximum absolute atomic E-state index is 12.3. The molecule has 1 N–H and O–H groups in total. The molecule has 0 aliphatic carbocycles. The van der Waals surface area contributed by atoms with E-state index in [-0.39, 0.29) is 20.5 Å². The molecule has 2 rings (SSSR count). The van der Waals surface area contributed by atoms with Gasteiger partial charge in [-0.15, -0.1) is 0 Å². The van der Waals surface area contributed by atoms with Crippen LogP contribution in [0.2, 0.25) is 5.02 Å². The Labute approximate surface area is 134 Å². The van der Waals surface area contributed by atoms with Crippen LogP contribution >= 0.6 is 11.6 Å². The molecule has 5 nitrogen and oxygen atoms in total. The van der Waals surface area contributed by atoms with Gasteiger partial charge in [-0.3, -0.25) is 4.72 Å². The third kappa shape index (κ3) is 3.79. The van der Waals surface area contributed by atoms with Crippen LogP contribution in [-0.2, 0) is 19.9 Å². The summed E-state index contributed by atoms with van der Waals surface area (Å²) in [6, 6.07) is 10.2. The standard InChI is InChI=1S/C14H14ClNO4S2/c1-10-3-5-11(6-4-10)22(19,20)16-14-8-7-12(9-13(14)15)21(2,17)18/h3-9,16H,1-2H3. The molecule has 0 spiro atoms. The normalized spacial score (nSPS) is 12.1. The molecule has 2 aromatic carbocycles. The Morgan fingerprint density at radius 2 is 1.45 bits per heavy atom. The summed E-state index contributed by atoms with van der Waals surface area (Å²) in [5.41, 5.74) is 1.06. The third-order valence-electron chi connectivity index (χ3n) is 2.94. The number of aryl methyl sites for hydroxylation is 1. The van der Waals surface area contributed by atoms with E-state index in [1.807, 2.05) is 6.92 Å². The fraction of sp³-hybridized carbons (Fsp3) is 0.143. The number of sulfonamides is 1. The molecule has 2 aromatic rings. The van der Waals surface area contributed by atoms with Crippen molar-refractivity contribution in [2.24, 2.45) is 0 Å². The first-order valence-corrected chi connectivity index (χ1v) is 9.94. The van der Waals surface area contributed by atoms with Gasteiger partial charge in [-0.2, -0.15) is 0 Å². The number of sulfone groups is 1. The molecule has 0 fully saturated rings. The van der Waals surface area contributed by atoms with Gasteiger partial charge < -0.3 is 0 Å². The molecule has 0 saturated carbocycles. The number of anilines is 1. The Morgan fingerprint density at radius 3 is 1.95 bits per heavy atom. The third-order valence-corrected chi connectivity index (χ3v) is 5.75. The summed E-state index contributed by atoms with van der Waals surface area (Å²) in [5, 5.41) is 0.0126. The van der Waals surface area contributed by atoms with Crippen molar-refractivity contribution >= 4 is 37.1 Å². The van der Waals surface area contributed by atoms with E-state index in [0.717, 1.165) is 11.8 Å². The van der Waals surface area contributed by atoms with Gasteiger partial charge >= 0.3 is 0 Å². The van der Waals surface area contributed by atoms with Gasteiger partial charge in [0.1, 0.15) is 0 Å². The first-order chi connectivity index (χ1) is 10.1. The maximum Gasteiger partial charge on any atom is 0.261 e. The summed E-state index contributed by atoms with van der Waals surface area (Å²) in [6.45, 7) is 1.85. The Bertz CT molecular complexity index is 904. The van der Waals surface area contributed by atoms with Crippen molar-refractivity contribution in [1.82, 2.24) is 0 Å². The molecule has 0 radical (unpaired) electrons. The first-order valence-electron chi connectivity index (χ1n) is 6.19. The van der Waals surface area contributed by atoms with Gasteiger partial charge in [0, 0.05) is 6.26 Å². The Morgan fingerprint density at radius 1 is 0.909 bits per heavy atom. The molecular formula is C14H14ClNO4S2. The average molecular weight is 360 g/mol. The molecule has 0 amide bonds. The van der Waals surface area contributed by atoms with Crippen molar-refractivity contribution in [3.63, 3.8) is 0 Å². The highest BCUT2D eigenvalue weighted by molar-refractivity contribution is 7.92. The number of hydrogen-bond donors (Lipinski definition) is 1. The number of halogens is 1. The van der Waals surface area contributed by atoms with Crippen LogP contribution in [0.15, 0.2) is 52.3 Å². The van der Waals surface area contributed by atoms with Crippen LogP contribution in [0.5, 0.6) is 0 Å². The SMILES string of the molecule is Cc1ccc(S(=O)(=O)Nc2ccc(S(C)(=O)=O)cc2Cl)cc1. The second kappa shape index (κ2) is 5.91.